The zero-order valence-electron chi connectivity index (χ0n) is 19.0. The topological polar surface area (TPSA) is 54.2 Å². The molecular weight excluding hydrogens is 447 g/mol. The molecule has 0 aliphatic carbocycles. The summed E-state index contributed by atoms with van der Waals surface area (Å²) in [4.78, 5) is 6.67. The molecule has 5 nitrogen and oxygen atoms in total. The Morgan fingerprint density at radius 2 is 1.68 bits per heavy atom. The van der Waals surface area contributed by atoms with Gasteiger partial charge >= 0.3 is 0 Å². The van der Waals surface area contributed by atoms with Crippen molar-refractivity contribution >= 4 is 28.6 Å². The predicted molar refractivity (Wildman–Crippen MR) is 136 cm³/mol. The Kier molecular flexibility index (Phi) is 5.71. The summed E-state index contributed by atoms with van der Waals surface area (Å²) in [5.41, 5.74) is 6.34. The molecule has 5 rings (SSSR count). The van der Waals surface area contributed by atoms with Gasteiger partial charge in [-0.25, -0.2) is 4.39 Å². The van der Waals surface area contributed by atoms with Gasteiger partial charge in [0.15, 0.2) is 5.11 Å². The first kappa shape index (κ1) is 22.0. The fraction of sp³-hybridized carbons (Fsp3) is 0.148. The molecule has 0 spiro atoms. The normalized spacial score (nSPS) is 16.1. The molecule has 1 aliphatic heterocycles. The summed E-state index contributed by atoms with van der Waals surface area (Å²) >= 11 is 5.79. The molecule has 34 heavy (non-hydrogen) atoms. The van der Waals surface area contributed by atoms with Crippen molar-refractivity contribution in [2.45, 2.75) is 26.8 Å². The molecule has 2 heterocycles. The van der Waals surface area contributed by atoms with Crippen LogP contribution in [0.5, 0.6) is 0 Å². The van der Waals surface area contributed by atoms with Gasteiger partial charge < -0.3 is 9.84 Å². The maximum atomic E-state index is 14.2. The van der Waals surface area contributed by atoms with E-state index in [-0.39, 0.29) is 5.82 Å². The van der Waals surface area contributed by atoms with E-state index in [0.29, 0.717) is 16.8 Å². The number of hydrogen-bond acceptors (Lipinski definition) is 4. The number of nitrogens with zero attached hydrogens (tertiary/aromatic N) is 3. The Hall–Kier alpha value is -3.84. The van der Waals surface area contributed by atoms with Crippen LogP contribution in [0.3, 0.4) is 0 Å². The fourth-order valence-electron chi connectivity index (χ4n) is 4.38. The van der Waals surface area contributed by atoms with E-state index in [0.717, 1.165) is 39.2 Å². The number of halogens is 1. The number of rotatable bonds is 4. The van der Waals surface area contributed by atoms with Crippen LogP contribution in [0.1, 0.15) is 35.5 Å². The van der Waals surface area contributed by atoms with Crippen LogP contribution in [-0.2, 0) is 0 Å². The summed E-state index contributed by atoms with van der Waals surface area (Å²) in [6.45, 7) is 6.08. The van der Waals surface area contributed by atoms with Gasteiger partial charge in [0, 0.05) is 16.9 Å². The summed E-state index contributed by atoms with van der Waals surface area (Å²) in [6.07, 6.45) is 0. The van der Waals surface area contributed by atoms with Crippen LogP contribution < -0.4 is 10.2 Å². The van der Waals surface area contributed by atoms with Crippen molar-refractivity contribution in [1.82, 2.24) is 15.5 Å². The quantitative estimate of drug-likeness (QED) is 0.350. The molecule has 0 saturated carbocycles. The van der Waals surface area contributed by atoms with Gasteiger partial charge in [0.05, 0.1) is 11.6 Å². The zero-order valence-corrected chi connectivity index (χ0v) is 19.9. The maximum Gasteiger partial charge on any atom is 0.258 e. The summed E-state index contributed by atoms with van der Waals surface area (Å²) < 4.78 is 19.9. The lowest BCUT2D eigenvalue weighted by molar-refractivity contribution is 0.404. The molecule has 0 amide bonds. The minimum atomic E-state index is -0.450. The van der Waals surface area contributed by atoms with E-state index in [9.17, 15) is 4.39 Å². The van der Waals surface area contributed by atoms with E-state index in [1.54, 1.807) is 6.07 Å². The average Bonchev–Trinajstić information content (AvgIpc) is 3.28. The van der Waals surface area contributed by atoms with Crippen molar-refractivity contribution in [2.24, 2.45) is 0 Å². The molecule has 0 radical (unpaired) electrons. The van der Waals surface area contributed by atoms with Gasteiger partial charge in [-0.05, 0) is 73.9 Å². The van der Waals surface area contributed by atoms with E-state index in [1.807, 2.05) is 48.2 Å². The second-order valence-corrected chi connectivity index (χ2v) is 8.79. The Bertz CT molecular complexity index is 1390. The number of nitrogens with one attached hydrogen (secondary N) is 1. The van der Waals surface area contributed by atoms with Crippen LogP contribution in [0.15, 0.2) is 83.0 Å². The van der Waals surface area contributed by atoms with Gasteiger partial charge in [-0.15, -0.1) is 0 Å². The summed E-state index contributed by atoms with van der Waals surface area (Å²) in [5, 5.41) is 8.11. The summed E-state index contributed by atoms with van der Waals surface area (Å²) in [5.74, 6) is 0.518. The third-order valence-corrected chi connectivity index (χ3v) is 6.12. The molecule has 1 unspecified atom stereocenters. The van der Waals surface area contributed by atoms with E-state index in [2.05, 4.69) is 42.5 Å². The monoisotopic (exact) mass is 470 g/mol. The van der Waals surface area contributed by atoms with Crippen LogP contribution in [0.4, 0.5) is 10.1 Å². The Morgan fingerprint density at radius 3 is 2.38 bits per heavy atom. The number of aromatic nitrogens is 2. The minimum absolute atomic E-state index is 0.325. The fourth-order valence-corrected chi connectivity index (χ4v) is 4.74. The molecule has 3 aromatic carbocycles. The zero-order chi connectivity index (χ0) is 23.8. The van der Waals surface area contributed by atoms with Gasteiger partial charge in [0.25, 0.3) is 5.89 Å². The van der Waals surface area contributed by atoms with Crippen LogP contribution in [0.2, 0.25) is 0 Å². The average molecular weight is 471 g/mol. The molecule has 4 aromatic rings. The van der Waals surface area contributed by atoms with Crippen molar-refractivity contribution in [3.63, 3.8) is 0 Å². The molecule has 1 aliphatic rings. The lowest BCUT2D eigenvalue weighted by Gasteiger charge is -2.37. The highest BCUT2D eigenvalue weighted by Crippen LogP contribution is 2.39. The first-order chi connectivity index (χ1) is 16.4. The molecule has 0 fully saturated rings. The van der Waals surface area contributed by atoms with Crippen molar-refractivity contribution in [2.75, 3.05) is 4.90 Å². The van der Waals surface area contributed by atoms with Gasteiger partial charge in [0.2, 0.25) is 5.82 Å². The van der Waals surface area contributed by atoms with Crippen LogP contribution >= 0.6 is 12.2 Å². The number of aryl methyl sites for hydroxylation is 2. The number of anilines is 1. The molecule has 1 aromatic heterocycles. The molecule has 170 valence electrons. The third kappa shape index (κ3) is 4.10. The molecule has 1 N–H and O–H groups in total. The first-order valence-corrected chi connectivity index (χ1v) is 11.4. The van der Waals surface area contributed by atoms with Gasteiger partial charge in [-0.3, -0.25) is 4.90 Å². The van der Waals surface area contributed by atoms with Crippen molar-refractivity contribution in [1.29, 1.82) is 0 Å². The highest BCUT2D eigenvalue weighted by Gasteiger charge is 2.35. The van der Waals surface area contributed by atoms with Gasteiger partial charge in [-0.1, -0.05) is 53.7 Å². The van der Waals surface area contributed by atoms with Crippen LogP contribution in [0, 0.1) is 19.7 Å². The smallest absolute Gasteiger partial charge is 0.258 e. The van der Waals surface area contributed by atoms with E-state index >= 15 is 0 Å². The summed E-state index contributed by atoms with van der Waals surface area (Å²) in [7, 11) is 0. The van der Waals surface area contributed by atoms with Gasteiger partial charge in [0.1, 0.15) is 5.82 Å². The van der Waals surface area contributed by atoms with Crippen molar-refractivity contribution < 1.29 is 8.91 Å². The highest BCUT2D eigenvalue weighted by atomic mass is 32.1. The number of thiocarbonyl (C=S) groups is 1. The molecule has 1 atom stereocenters. The lowest BCUT2D eigenvalue weighted by Crippen LogP contribution is -2.46. The lowest BCUT2D eigenvalue weighted by atomic mass is 9.94. The first-order valence-electron chi connectivity index (χ1n) is 11.0. The number of allylic oxidation sites excluding steroid dienone is 1. The largest absolute Gasteiger partial charge is 0.351 e. The highest BCUT2D eigenvalue weighted by molar-refractivity contribution is 7.80. The maximum absolute atomic E-state index is 14.2. The van der Waals surface area contributed by atoms with Crippen LogP contribution in [-0.4, -0.2) is 15.3 Å². The summed E-state index contributed by atoms with van der Waals surface area (Å²) in [6, 6.07) is 21.9. The molecular formula is C27H23FN4OS. The second-order valence-electron chi connectivity index (χ2n) is 8.41. The number of hydrogen-bond donors (Lipinski definition) is 1. The predicted octanol–water partition coefficient (Wildman–Crippen LogP) is 6.36. The van der Waals surface area contributed by atoms with E-state index < -0.39 is 6.04 Å². The Balaban J connectivity index is 1.68. The third-order valence-electron chi connectivity index (χ3n) is 5.82. The van der Waals surface area contributed by atoms with Crippen molar-refractivity contribution in [3.05, 3.63) is 107 Å². The Morgan fingerprint density at radius 1 is 0.941 bits per heavy atom. The van der Waals surface area contributed by atoms with E-state index in [4.69, 9.17) is 21.7 Å². The number of benzene rings is 3. The molecule has 7 heteroatoms. The van der Waals surface area contributed by atoms with Crippen molar-refractivity contribution in [3.8, 4) is 11.4 Å². The SMILES string of the molecule is CC1=C(c2nc(-c3ccccc3)no2)C(c2cccc(F)c2)NC(=S)N1c1cc(C)cc(C)c1. The molecule has 0 saturated heterocycles. The Labute approximate surface area is 202 Å². The van der Waals surface area contributed by atoms with Gasteiger partial charge in [-0.2, -0.15) is 4.98 Å². The minimum Gasteiger partial charge on any atom is -0.351 e. The van der Waals surface area contributed by atoms with E-state index in [1.165, 1.54) is 12.1 Å². The standard InChI is InChI=1S/C27H23FN4OS/c1-16-12-17(2)14-22(13-16)32-18(3)23(24(29-27(32)34)20-10-7-11-21(28)15-20)26-30-25(31-33-26)19-8-5-4-6-9-19/h4-15,24H,1-3H3,(H,29,34). The van der Waals surface area contributed by atoms with Crippen LogP contribution in [0.25, 0.3) is 17.0 Å². The molecule has 0 bridgehead atoms. The second kappa shape index (κ2) is 8.83.